The average Bonchev–Trinajstić information content (AvgIpc) is 2.46. The Kier molecular flexibility index (Phi) is 4.47. The smallest absolute Gasteiger partial charge is 0.123 e. The minimum absolute atomic E-state index is 0.237. The van der Waals surface area contributed by atoms with Crippen molar-refractivity contribution in [2.75, 3.05) is 7.11 Å². The maximum atomic E-state index is 12.8. The van der Waals surface area contributed by atoms with Crippen LogP contribution in [0.25, 0.3) is 0 Å². The number of hydrogen-bond acceptors (Lipinski definition) is 2. The lowest BCUT2D eigenvalue weighted by Crippen LogP contribution is -2.21. The number of rotatable bonds is 4. The van der Waals surface area contributed by atoms with E-state index in [4.69, 9.17) is 17.0 Å². The molecule has 0 aromatic heterocycles. The third kappa shape index (κ3) is 3.76. The van der Waals surface area contributed by atoms with Crippen LogP contribution in [0.15, 0.2) is 48.5 Å². The first-order valence-electron chi connectivity index (χ1n) is 5.86. The lowest BCUT2D eigenvalue weighted by molar-refractivity contribution is 0.414. The SMILES string of the molecule is COc1cccc(C(=S)NCc2ccc(F)cc2)c1. The fraction of sp³-hybridized carbons (Fsp3) is 0.133. The lowest BCUT2D eigenvalue weighted by Gasteiger charge is -2.09. The predicted octanol–water partition coefficient (Wildman–Crippen LogP) is 3.30. The van der Waals surface area contributed by atoms with E-state index in [1.54, 1.807) is 19.2 Å². The van der Waals surface area contributed by atoms with Gasteiger partial charge in [0.15, 0.2) is 0 Å². The van der Waals surface area contributed by atoms with Crippen molar-refractivity contribution >= 4 is 17.2 Å². The number of halogens is 1. The third-order valence-electron chi connectivity index (χ3n) is 2.70. The molecule has 0 radical (unpaired) electrons. The molecule has 0 saturated heterocycles. The molecule has 0 bridgehead atoms. The quantitative estimate of drug-likeness (QED) is 0.865. The summed E-state index contributed by atoms with van der Waals surface area (Å²) in [4.78, 5) is 0.642. The Labute approximate surface area is 117 Å². The molecule has 0 amide bonds. The van der Waals surface area contributed by atoms with Crippen molar-refractivity contribution < 1.29 is 9.13 Å². The van der Waals surface area contributed by atoms with Crippen LogP contribution < -0.4 is 10.1 Å². The van der Waals surface area contributed by atoms with Gasteiger partial charge in [0.2, 0.25) is 0 Å². The van der Waals surface area contributed by atoms with Gasteiger partial charge in [-0.15, -0.1) is 0 Å². The van der Waals surface area contributed by atoms with Crippen molar-refractivity contribution in [2.45, 2.75) is 6.54 Å². The summed E-state index contributed by atoms with van der Waals surface area (Å²) >= 11 is 5.31. The second-order valence-electron chi connectivity index (χ2n) is 4.04. The van der Waals surface area contributed by atoms with E-state index >= 15 is 0 Å². The zero-order chi connectivity index (χ0) is 13.7. The Morgan fingerprint density at radius 1 is 1.21 bits per heavy atom. The number of methoxy groups -OCH3 is 1. The van der Waals surface area contributed by atoms with E-state index in [0.29, 0.717) is 11.5 Å². The monoisotopic (exact) mass is 275 g/mol. The fourth-order valence-corrected chi connectivity index (χ4v) is 1.85. The van der Waals surface area contributed by atoms with E-state index in [0.717, 1.165) is 16.9 Å². The second kappa shape index (κ2) is 6.29. The molecule has 19 heavy (non-hydrogen) atoms. The van der Waals surface area contributed by atoms with Crippen molar-refractivity contribution in [1.29, 1.82) is 0 Å². The highest BCUT2D eigenvalue weighted by atomic mass is 32.1. The van der Waals surface area contributed by atoms with Crippen molar-refractivity contribution in [1.82, 2.24) is 5.32 Å². The Bertz CT molecular complexity index is 569. The van der Waals surface area contributed by atoms with Gasteiger partial charge < -0.3 is 10.1 Å². The molecule has 0 aliphatic rings. The van der Waals surface area contributed by atoms with Gasteiger partial charge in [0.25, 0.3) is 0 Å². The standard InChI is InChI=1S/C15H14FNOS/c1-18-14-4-2-3-12(9-14)15(19)17-10-11-5-7-13(16)8-6-11/h2-9H,10H2,1H3,(H,17,19). The summed E-state index contributed by atoms with van der Waals surface area (Å²) in [5, 5.41) is 3.14. The van der Waals surface area contributed by atoms with E-state index in [-0.39, 0.29) is 5.82 Å². The Morgan fingerprint density at radius 3 is 2.63 bits per heavy atom. The van der Waals surface area contributed by atoms with Gasteiger partial charge >= 0.3 is 0 Å². The normalized spacial score (nSPS) is 10.0. The topological polar surface area (TPSA) is 21.3 Å². The highest BCUT2D eigenvalue weighted by molar-refractivity contribution is 7.80. The van der Waals surface area contributed by atoms with Crippen molar-refractivity contribution in [3.05, 3.63) is 65.5 Å². The maximum Gasteiger partial charge on any atom is 0.123 e. The summed E-state index contributed by atoms with van der Waals surface area (Å²) in [7, 11) is 1.62. The lowest BCUT2D eigenvalue weighted by atomic mass is 10.2. The molecule has 2 rings (SSSR count). The highest BCUT2D eigenvalue weighted by Gasteiger charge is 2.02. The van der Waals surface area contributed by atoms with E-state index < -0.39 is 0 Å². The molecule has 0 aliphatic heterocycles. The summed E-state index contributed by atoms with van der Waals surface area (Å²) < 4.78 is 17.9. The molecule has 2 aromatic carbocycles. The van der Waals surface area contributed by atoms with Gasteiger partial charge in [-0.3, -0.25) is 0 Å². The predicted molar refractivity (Wildman–Crippen MR) is 77.9 cm³/mol. The van der Waals surface area contributed by atoms with Crippen LogP contribution in [-0.2, 0) is 6.54 Å². The number of thiocarbonyl (C=S) groups is 1. The highest BCUT2D eigenvalue weighted by Crippen LogP contribution is 2.13. The van der Waals surface area contributed by atoms with Crippen LogP contribution in [0.4, 0.5) is 4.39 Å². The van der Waals surface area contributed by atoms with E-state index in [1.165, 1.54) is 12.1 Å². The van der Waals surface area contributed by atoms with Crippen molar-refractivity contribution in [3.63, 3.8) is 0 Å². The van der Waals surface area contributed by atoms with E-state index in [9.17, 15) is 4.39 Å². The van der Waals surface area contributed by atoms with Gasteiger partial charge in [-0.25, -0.2) is 4.39 Å². The number of ether oxygens (including phenoxy) is 1. The molecule has 2 aromatic rings. The van der Waals surface area contributed by atoms with Gasteiger partial charge in [0.1, 0.15) is 16.6 Å². The summed E-state index contributed by atoms with van der Waals surface area (Å²) in [6, 6.07) is 13.9. The van der Waals surface area contributed by atoms with Gasteiger partial charge in [-0.1, -0.05) is 36.5 Å². The number of hydrogen-bond donors (Lipinski definition) is 1. The third-order valence-corrected chi connectivity index (χ3v) is 3.08. The Morgan fingerprint density at radius 2 is 1.95 bits per heavy atom. The molecule has 4 heteroatoms. The summed E-state index contributed by atoms with van der Waals surface area (Å²) in [6.45, 7) is 0.566. The molecule has 0 aliphatic carbocycles. The van der Waals surface area contributed by atoms with Crippen LogP contribution in [0.3, 0.4) is 0 Å². The van der Waals surface area contributed by atoms with Crippen LogP contribution in [0, 0.1) is 5.82 Å². The first kappa shape index (κ1) is 13.5. The zero-order valence-corrected chi connectivity index (χ0v) is 11.3. The number of nitrogens with one attached hydrogen (secondary N) is 1. The first-order valence-corrected chi connectivity index (χ1v) is 6.26. The molecule has 0 heterocycles. The molecule has 0 unspecified atom stereocenters. The summed E-state index contributed by atoms with van der Waals surface area (Å²) in [5.41, 5.74) is 1.88. The Balaban J connectivity index is 1.99. The van der Waals surface area contributed by atoms with Gasteiger partial charge in [0.05, 0.1) is 7.11 Å². The minimum Gasteiger partial charge on any atom is -0.497 e. The molecule has 98 valence electrons. The zero-order valence-electron chi connectivity index (χ0n) is 10.5. The largest absolute Gasteiger partial charge is 0.497 e. The van der Waals surface area contributed by atoms with Gasteiger partial charge in [-0.05, 0) is 29.8 Å². The minimum atomic E-state index is -0.237. The van der Waals surface area contributed by atoms with Gasteiger partial charge in [-0.2, -0.15) is 0 Å². The fourth-order valence-electron chi connectivity index (χ4n) is 1.65. The Hall–Kier alpha value is -1.94. The van der Waals surface area contributed by atoms with Crippen molar-refractivity contribution in [2.24, 2.45) is 0 Å². The van der Waals surface area contributed by atoms with Crippen LogP contribution in [0.5, 0.6) is 5.75 Å². The number of benzene rings is 2. The van der Waals surface area contributed by atoms with Gasteiger partial charge in [0, 0.05) is 12.1 Å². The molecule has 0 spiro atoms. The average molecular weight is 275 g/mol. The molecule has 0 atom stereocenters. The maximum absolute atomic E-state index is 12.8. The molecular formula is C15H14FNOS. The van der Waals surface area contributed by atoms with E-state index in [2.05, 4.69) is 5.32 Å². The van der Waals surface area contributed by atoms with Crippen LogP contribution >= 0.6 is 12.2 Å². The van der Waals surface area contributed by atoms with Crippen LogP contribution in [-0.4, -0.2) is 12.1 Å². The first-order chi connectivity index (χ1) is 9.19. The molecular weight excluding hydrogens is 261 g/mol. The summed E-state index contributed by atoms with van der Waals surface area (Å²) in [5.74, 6) is 0.530. The van der Waals surface area contributed by atoms with Crippen LogP contribution in [0.2, 0.25) is 0 Å². The molecule has 2 nitrogen and oxygen atoms in total. The molecule has 0 saturated carbocycles. The van der Waals surface area contributed by atoms with E-state index in [1.807, 2.05) is 24.3 Å². The summed E-state index contributed by atoms with van der Waals surface area (Å²) in [6.07, 6.45) is 0. The second-order valence-corrected chi connectivity index (χ2v) is 4.45. The van der Waals surface area contributed by atoms with Crippen molar-refractivity contribution in [3.8, 4) is 5.75 Å². The molecule has 1 N–H and O–H groups in total. The van der Waals surface area contributed by atoms with Crippen LogP contribution in [0.1, 0.15) is 11.1 Å². The molecule has 0 fully saturated rings.